The van der Waals surface area contributed by atoms with Gasteiger partial charge < -0.3 is 9.32 Å². The molecule has 2 aromatic carbocycles. The van der Waals surface area contributed by atoms with Crippen LogP contribution in [0.2, 0.25) is 5.02 Å². The molecule has 4 rings (SSSR count). The van der Waals surface area contributed by atoms with Gasteiger partial charge in [0, 0.05) is 24.1 Å². The van der Waals surface area contributed by atoms with Crippen molar-refractivity contribution in [2.75, 3.05) is 6.54 Å². The summed E-state index contributed by atoms with van der Waals surface area (Å²) in [5.74, 6) is 0.609. The van der Waals surface area contributed by atoms with E-state index < -0.39 is 0 Å². The second-order valence-corrected chi connectivity index (χ2v) is 6.50. The Labute approximate surface area is 145 Å². The second-order valence-electron chi connectivity index (χ2n) is 6.09. The van der Waals surface area contributed by atoms with Gasteiger partial charge in [-0.3, -0.25) is 4.79 Å². The molecule has 0 saturated carbocycles. The van der Waals surface area contributed by atoms with Gasteiger partial charge in [0.1, 0.15) is 5.52 Å². The average molecular weight is 341 g/mol. The number of benzene rings is 2. The zero-order valence-electron chi connectivity index (χ0n) is 13.3. The van der Waals surface area contributed by atoms with Crippen molar-refractivity contribution >= 4 is 28.6 Å². The first-order valence-corrected chi connectivity index (χ1v) is 8.44. The van der Waals surface area contributed by atoms with Crippen LogP contribution in [0.3, 0.4) is 0 Å². The summed E-state index contributed by atoms with van der Waals surface area (Å²) in [5.41, 5.74) is 3.05. The molecule has 1 fully saturated rings. The number of oxazole rings is 1. The minimum atomic E-state index is 0.00775. The van der Waals surface area contributed by atoms with Crippen LogP contribution in [0.15, 0.2) is 46.9 Å². The molecule has 24 heavy (non-hydrogen) atoms. The van der Waals surface area contributed by atoms with Gasteiger partial charge in [0.25, 0.3) is 5.91 Å². The van der Waals surface area contributed by atoms with Crippen molar-refractivity contribution in [3.05, 3.63) is 64.5 Å². The van der Waals surface area contributed by atoms with Crippen molar-refractivity contribution in [3.8, 4) is 0 Å². The summed E-state index contributed by atoms with van der Waals surface area (Å²) in [6, 6.07) is 13.2. The number of aromatic nitrogens is 1. The Bertz CT molecular complexity index is 919. The van der Waals surface area contributed by atoms with E-state index in [0.717, 1.165) is 30.5 Å². The molecule has 1 atom stereocenters. The number of halogens is 1. The Hall–Kier alpha value is -2.33. The van der Waals surface area contributed by atoms with E-state index in [4.69, 9.17) is 16.0 Å². The maximum atomic E-state index is 13.0. The summed E-state index contributed by atoms with van der Waals surface area (Å²) in [4.78, 5) is 19.2. The smallest absolute Gasteiger partial charge is 0.254 e. The third kappa shape index (κ3) is 2.57. The molecular weight excluding hydrogens is 324 g/mol. The standard InChI is InChI=1S/C19H17ClN2O2/c1-12-21-16-9-8-13(11-18(16)24-12)19(23)22-10-4-7-17(22)14-5-2-3-6-15(14)20/h2-3,5-6,8-9,11,17H,4,7,10H2,1H3. The number of nitrogens with zero attached hydrogens (tertiary/aromatic N) is 2. The van der Waals surface area contributed by atoms with Gasteiger partial charge in [0.05, 0.1) is 6.04 Å². The third-order valence-electron chi connectivity index (χ3n) is 4.52. The minimum absolute atomic E-state index is 0.00775. The number of fused-ring (bicyclic) bond motifs is 1. The molecule has 3 aromatic rings. The van der Waals surface area contributed by atoms with E-state index in [2.05, 4.69) is 4.98 Å². The minimum Gasteiger partial charge on any atom is -0.441 e. The molecule has 1 aromatic heterocycles. The molecular formula is C19H17ClN2O2. The largest absolute Gasteiger partial charge is 0.441 e. The summed E-state index contributed by atoms with van der Waals surface area (Å²) >= 11 is 6.34. The van der Waals surface area contributed by atoms with Crippen LogP contribution < -0.4 is 0 Å². The van der Waals surface area contributed by atoms with Crippen LogP contribution in [0.1, 0.15) is 40.7 Å². The summed E-state index contributed by atoms with van der Waals surface area (Å²) < 4.78 is 5.55. The highest BCUT2D eigenvalue weighted by Crippen LogP contribution is 2.36. The lowest BCUT2D eigenvalue weighted by Crippen LogP contribution is -2.30. The maximum absolute atomic E-state index is 13.0. The highest BCUT2D eigenvalue weighted by atomic mass is 35.5. The lowest BCUT2D eigenvalue weighted by atomic mass is 10.0. The van der Waals surface area contributed by atoms with Crippen LogP contribution in [0, 0.1) is 6.92 Å². The Kier molecular flexibility index (Phi) is 3.77. The fraction of sp³-hybridized carbons (Fsp3) is 0.263. The van der Waals surface area contributed by atoms with Crippen LogP contribution in [-0.2, 0) is 0 Å². The van der Waals surface area contributed by atoms with Crippen molar-refractivity contribution in [1.82, 2.24) is 9.88 Å². The number of aryl methyl sites for hydroxylation is 1. The molecule has 1 aliphatic heterocycles. The third-order valence-corrected chi connectivity index (χ3v) is 4.86. The maximum Gasteiger partial charge on any atom is 0.254 e. The SMILES string of the molecule is Cc1nc2ccc(C(=O)N3CCCC3c3ccccc3Cl)cc2o1. The van der Waals surface area contributed by atoms with E-state index in [-0.39, 0.29) is 11.9 Å². The zero-order chi connectivity index (χ0) is 16.7. The van der Waals surface area contributed by atoms with E-state index in [1.807, 2.05) is 41.3 Å². The van der Waals surface area contributed by atoms with Crippen LogP contribution in [-0.4, -0.2) is 22.3 Å². The molecule has 0 N–H and O–H groups in total. The number of carbonyl (C=O) groups excluding carboxylic acids is 1. The van der Waals surface area contributed by atoms with Gasteiger partial charge in [0.2, 0.25) is 0 Å². The number of rotatable bonds is 2. The van der Waals surface area contributed by atoms with Crippen LogP contribution in [0.5, 0.6) is 0 Å². The summed E-state index contributed by atoms with van der Waals surface area (Å²) in [5, 5.41) is 0.712. The van der Waals surface area contributed by atoms with E-state index in [0.29, 0.717) is 22.1 Å². The molecule has 5 heteroatoms. The molecule has 1 amide bonds. The summed E-state index contributed by atoms with van der Waals surface area (Å²) in [6.45, 7) is 2.54. The Morgan fingerprint density at radius 3 is 2.96 bits per heavy atom. The van der Waals surface area contributed by atoms with Gasteiger partial charge in [-0.25, -0.2) is 4.98 Å². The van der Waals surface area contributed by atoms with Gasteiger partial charge in [-0.15, -0.1) is 0 Å². The van der Waals surface area contributed by atoms with Crippen LogP contribution in [0.4, 0.5) is 0 Å². The molecule has 0 radical (unpaired) electrons. The topological polar surface area (TPSA) is 46.3 Å². The molecule has 1 saturated heterocycles. The van der Waals surface area contributed by atoms with E-state index >= 15 is 0 Å². The Morgan fingerprint density at radius 2 is 2.12 bits per heavy atom. The predicted octanol–water partition coefficient (Wildman–Crippen LogP) is 4.77. The summed E-state index contributed by atoms with van der Waals surface area (Å²) in [6.07, 6.45) is 1.91. The van der Waals surface area contributed by atoms with Crippen molar-refractivity contribution < 1.29 is 9.21 Å². The highest BCUT2D eigenvalue weighted by molar-refractivity contribution is 6.31. The first-order valence-electron chi connectivity index (χ1n) is 8.06. The number of amides is 1. The molecule has 1 unspecified atom stereocenters. The molecule has 1 aliphatic rings. The van der Waals surface area contributed by atoms with E-state index in [1.54, 1.807) is 13.0 Å². The molecule has 4 nitrogen and oxygen atoms in total. The summed E-state index contributed by atoms with van der Waals surface area (Å²) in [7, 11) is 0. The van der Waals surface area contributed by atoms with Crippen molar-refractivity contribution in [2.45, 2.75) is 25.8 Å². The predicted molar refractivity (Wildman–Crippen MR) is 93.2 cm³/mol. The van der Waals surface area contributed by atoms with Crippen molar-refractivity contribution in [2.24, 2.45) is 0 Å². The molecule has 122 valence electrons. The number of likely N-dealkylation sites (tertiary alicyclic amines) is 1. The number of carbonyl (C=O) groups is 1. The first kappa shape index (κ1) is 15.2. The van der Waals surface area contributed by atoms with E-state index in [9.17, 15) is 4.79 Å². The monoisotopic (exact) mass is 340 g/mol. The normalized spacial score (nSPS) is 17.6. The van der Waals surface area contributed by atoms with Gasteiger partial charge in [0.15, 0.2) is 11.5 Å². The number of hydrogen-bond acceptors (Lipinski definition) is 3. The Morgan fingerprint density at radius 1 is 1.29 bits per heavy atom. The quantitative estimate of drug-likeness (QED) is 0.675. The molecule has 0 bridgehead atoms. The van der Waals surface area contributed by atoms with Gasteiger partial charge in [-0.2, -0.15) is 0 Å². The van der Waals surface area contributed by atoms with Crippen LogP contribution >= 0.6 is 11.6 Å². The van der Waals surface area contributed by atoms with Crippen molar-refractivity contribution in [1.29, 1.82) is 0 Å². The fourth-order valence-electron chi connectivity index (χ4n) is 3.42. The number of hydrogen-bond donors (Lipinski definition) is 0. The highest BCUT2D eigenvalue weighted by Gasteiger charge is 2.31. The average Bonchev–Trinajstić information content (AvgIpc) is 3.19. The van der Waals surface area contributed by atoms with Gasteiger partial charge >= 0.3 is 0 Å². The first-order chi connectivity index (χ1) is 11.6. The van der Waals surface area contributed by atoms with Crippen LogP contribution in [0.25, 0.3) is 11.1 Å². The lowest BCUT2D eigenvalue weighted by molar-refractivity contribution is 0.0736. The Balaban J connectivity index is 1.68. The van der Waals surface area contributed by atoms with Gasteiger partial charge in [-0.05, 0) is 42.7 Å². The van der Waals surface area contributed by atoms with Crippen molar-refractivity contribution in [3.63, 3.8) is 0 Å². The van der Waals surface area contributed by atoms with E-state index in [1.165, 1.54) is 0 Å². The lowest BCUT2D eigenvalue weighted by Gasteiger charge is -2.26. The zero-order valence-corrected chi connectivity index (χ0v) is 14.1. The fourth-order valence-corrected chi connectivity index (χ4v) is 3.68. The van der Waals surface area contributed by atoms with Gasteiger partial charge in [-0.1, -0.05) is 29.8 Å². The molecule has 0 spiro atoms. The second kappa shape index (κ2) is 5.95. The molecule has 2 heterocycles. The molecule has 0 aliphatic carbocycles.